The average Bonchev–Trinajstić information content (AvgIpc) is 2.36. The first kappa shape index (κ1) is 14.0. The summed E-state index contributed by atoms with van der Waals surface area (Å²) in [6.07, 6.45) is 2.69. The van der Waals surface area contributed by atoms with Crippen molar-refractivity contribution >= 4 is 0 Å². The maximum atomic E-state index is 10.9. The van der Waals surface area contributed by atoms with Crippen LogP contribution in [0.5, 0.6) is 0 Å². The SMILES string of the molecule is CC1=CC[C@]2(C)[C@@H](O)C[C@](O)(C(C)C)[C@H]2[C@H](O)C1. The lowest BCUT2D eigenvalue weighted by molar-refractivity contribution is -0.109. The monoisotopic (exact) mass is 254 g/mol. The highest BCUT2D eigenvalue weighted by atomic mass is 16.3. The van der Waals surface area contributed by atoms with Crippen molar-refractivity contribution in [3.8, 4) is 0 Å². The van der Waals surface area contributed by atoms with Crippen molar-refractivity contribution in [2.75, 3.05) is 0 Å². The summed E-state index contributed by atoms with van der Waals surface area (Å²) >= 11 is 0. The van der Waals surface area contributed by atoms with Gasteiger partial charge in [0.25, 0.3) is 0 Å². The Labute approximate surface area is 110 Å². The van der Waals surface area contributed by atoms with E-state index in [0.29, 0.717) is 12.8 Å². The number of rotatable bonds is 1. The van der Waals surface area contributed by atoms with Gasteiger partial charge in [-0.15, -0.1) is 0 Å². The van der Waals surface area contributed by atoms with E-state index in [1.807, 2.05) is 27.7 Å². The Morgan fingerprint density at radius 1 is 1.33 bits per heavy atom. The molecule has 3 N–H and O–H groups in total. The Balaban J connectivity index is 2.46. The van der Waals surface area contributed by atoms with Gasteiger partial charge in [-0.05, 0) is 25.7 Å². The molecular weight excluding hydrogens is 228 g/mol. The molecule has 3 heteroatoms. The highest BCUT2D eigenvalue weighted by Crippen LogP contribution is 2.57. The van der Waals surface area contributed by atoms with Crippen molar-refractivity contribution in [3.05, 3.63) is 11.6 Å². The first-order valence-corrected chi connectivity index (χ1v) is 6.96. The molecule has 0 aliphatic heterocycles. The highest BCUT2D eigenvalue weighted by molar-refractivity contribution is 5.18. The second-order valence-corrected chi connectivity index (χ2v) is 6.88. The number of fused-ring (bicyclic) bond motifs is 1. The molecule has 18 heavy (non-hydrogen) atoms. The lowest BCUT2D eigenvalue weighted by atomic mass is 9.67. The topological polar surface area (TPSA) is 60.7 Å². The molecule has 1 saturated carbocycles. The van der Waals surface area contributed by atoms with Gasteiger partial charge in [0.05, 0.1) is 17.8 Å². The molecule has 0 aromatic rings. The van der Waals surface area contributed by atoms with E-state index < -0.39 is 23.2 Å². The lowest BCUT2D eigenvalue weighted by Gasteiger charge is -2.42. The molecule has 0 unspecified atom stereocenters. The molecule has 0 heterocycles. The molecule has 5 atom stereocenters. The molecule has 3 nitrogen and oxygen atoms in total. The predicted octanol–water partition coefficient (Wildman–Crippen LogP) is 1.86. The van der Waals surface area contributed by atoms with Gasteiger partial charge in [-0.3, -0.25) is 0 Å². The van der Waals surface area contributed by atoms with Gasteiger partial charge in [0.1, 0.15) is 0 Å². The van der Waals surface area contributed by atoms with Crippen LogP contribution < -0.4 is 0 Å². The minimum atomic E-state index is -0.966. The van der Waals surface area contributed by atoms with Crippen LogP contribution >= 0.6 is 0 Å². The molecule has 0 amide bonds. The quantitative estimate of drug-likeness (QED) is 0.626. The maximum Gasteiger partial charge on any atom is 0.0754 e. The Morgan fingerprint density at radius 2 is 1.94 bits per heavy atom. The summed E-state index contributed by atoms with van der Waals surface area (Å²) in [5.41, 5.74) is -0.237. The average molecular weight is 254 g/mol. The van der Waals surface area contributed by atoms with Crippen molar-refractivity contribution in [2.45, 2.75) is 64.8 Å². The minimum Gasteiger partial charge on any atom is -0.392 e. The van der Waals surface area contributed by atoms with E-state index in [-0.39, 0.29) is 11.8 Å². The van der Waals surface area contributed by atoms with Crippen LogP contribution in [0.4, 0.5) is 0 Å². The van der Waals surface area contributed by atoms with Gasteiger partial charge in [-0.2, -0.15) is 0 Å². The van der Waals surface area contributed by atoms with Crippen molar-refractivity contribution in [2.24, 2.45) is 17.3 Å². The third-order valence-electron chi connectivity index (χ3n) is 5.34. The standard InChI is InChI=1S/C15H26O3/c1-9(2)15(18)8-12(17)14(4)6-5-10(3)7-11(16)13(14)15/h5,9,11-13,16-18H,6-8H2,1-4H3/t11-,12+,13+,14-,15+/m1/s1. The molecule has 1 fully saturated rings. The van der Waals surface area contributed by atoms with Gasteiger partial charge in [0.2, 0.25) is 0 Å². The van der Waals surface area contributed by atoms with Crippen LogP contribution in [0.3, 0.4) is 0 Å². The van der Waals surface area contributed by atoms with Crippen LogP contribution in [0.1, 0.15) is 47.0 Å². The second kappa shape index (κ2) is 4.32. The van der Waals surface area contributed by atoms with Crippen molar-refractivity contribution in [1.29, 1.82) is 0 Å². The van der Waals surface area contributed by atoms with Gasteiger partial charge < -0.3 is 15.3 Å². The minimum absolute atomic E-state index is 0.0343. The zero-order valence-corrected chi connectivity index (χ0v) is 11.8. The zero-order valence-electron chi connectivity index (χ0n) is 11.8. The molecule has 0 radical (unpaired) electrons. The van der Waals surface area contributed by atoms with E-state index in [2.05, 4.69) is 6.08 Å². The van der Waals surface area contributed by atoms with E-state index >= 15 is 0 Å². The number of aliphatic hydroxyl groups is 3. The number of allylic oxidation sites excluding steroid dienone is 1. The van der Waals surface area contributed by atoms with E-state index in [0.717, 1.165) is 12.0 Å². The number of aliphatic hydroxyl groups excluding tert-OH is 2. The van der Waals surface area contributed by atoms with Crippen molar-refractivity contribution in [3.63, 3.8) is 0 Å². The van der Waals surface area contributed by atoms with Crippen LogP contribution in [-0.2, 0) is 0 Å². The predicted molar refractivity (Wildman–Crippen MR) is 71.0 cm³/mol. The first-order valence-electron chi connectivity index (χ1n) is 6.96. The Morgan fingerprint density at radius 3 is 2.50 bits per heavy atom. The van der Waals surface area contributed by atoms with Gasteiger partial charge in [0.15, 0.2) is 0 Å². The van der Waals surface area contributed by atoms with Crippen LogP contribution in [-0.4, -0.2) is 33.1 Å². The number of hydrogen-bond acceptors (Lipinski definition) is 3. The van der Waals surface area contributed by atoms with Crippen LogP contribution in [0.25, 0.3) is 0 Å². The van der Waals surface area contributed by atoms with Crippen LogP contribution in [0.15, 0.2) is 11.6 Å². The fourth-order valence-corrected chi connectivity index (χ4v) is 4.00. The summed E-state index contributed by atoms with van der Waals surface area (Å²) in [6, 6.07) is 0. The lowest BCUT2D eigenvalue weighted by Crippen LogP contribution is -2.49. The summed E-state index contributed by atoms with van der Waals surface area (Å²) in [6.45, 7) is 7.95. The molecule has 0 saturated heterocycles. The zero-order chi connectivity index (χ0) is 13.7. The van der Waals surface area contributed by atoms with E-state index in [1.165, 1.54) is 0 Å². The molecule has 2 aliphatic carbocycles. The fourth-order valence-electron chi connectivity index (χ4n) is 4.00. The first-order chi connectivity index (χ1) is 8.21. The summed E-state index contributed by atoms with van der Waals surface area (Å²) in [5, 5.41) is 31.8. The Bertz CT molecular complexity index is 363. The molecule has 2 rings (SSSR count). The fraction of sp³-hybridized carbons (Fsp3) is 0.867. The summed E-state index contributed by atoms with van der Waals surface area (Å²) in [5.74, 6) is -0.222. The maximum absolute atomic E-state index is 10.9. The van der Waals surface area contributed by atoms with Crippen molar-refractivity contribution in [1.82, 2.24) is 0 Å². The molecule has 104 valence electrons. The molecule has 2 aliphatic rings. The molecule has 0 aromatic carbocycles. The number of hydrogen-bond donors (Lipinski definition) is 3. The highest BCUT2D eigenvalue weighted by Gasteiger charge is 2.62. The van der Waals surface area contributed by atoms with Gasteiger partial charge in [0, 0.05) is 17.8 Å². The molecular formula is C15H26O3. The summed E-state index contributed by atoms with van der Waals surface area (Å²) in [7, 11) is 0. The normalized spacial score (nSPS) is 48.9. The van der Waals surface area contributed by atoms with E-state index in [1.54, 1.807) is 0 Å². The molecule has 0 aromatic heterocycles. The Hall–Kier alpha value is -0.380. The van der Waals surface area contributed by atoms with Crippen LogP contribution in [0, 0.1) is 17.3 Å². The molecule has 0 bridgehead atoms. The van der Waals surface area contributed by atoms with Gasteiger partial charge >= 0.3 is 0 Å². The van der Waals surface area contributed by atoms with Gasteiger partial charge in [-0.1, -0.05) is 32.4 Å². The Kier molecular flexibility index (Phi) is 3.37. The third-order valence-corrected chi connectivity index (χ3v) is 5.34. The molecule has 0 spiro atoms. The summed E-state index contributed by atoms with van der Waals surface area (Å²) in [4.78, 5) is 0. The second-order valence-electron chi connectivity index (χ2n) is 6.88. The third kappa shape index (κ3) is 1.84. The van der Waals surface area contributed by atoms with Crippen molar-refractivity contribution < 1.29 is 15.3 Å². The van der Waals surface area contributed by atoms with E-state index in [4.69, 9.17) is 0 Å². The smallest absolute Gasteiger partial charge is 0.0754 e. The van der Waals surface area contributed by atoms with Crippen LogP contribution in [0.2, 0.25) is 0 Å². The summed E-state index contributed by atoms with van der Waals surface area (Å²) < 4.78 is 0. The van der Waals surface area contributed by atoms with Gasteiger partial charge in [-0.25, -0.2) is 0 Å². The largest absolute Gasteiger partial charge is 0.392 e. The van der Waals surface area contributed by atoms with E-state index in [9.17, 15) is 15.3 Å².